The van der Waals surface area contributed by atoms with E-state index >= 15 is 0 Å². The van der Waals surface area contributed by atoms with Gasteiger partial charge >= 0.3 is 17.8 Å². The highest BCUT2D eigenvalue weighted by molar-refractivity contribution is 6.35. The number of hydrogen-bond acceptors (Lipinski definition) is 5. The average Bonchev–Trinajstić information content (AvgIpc) is 2.31. The molecule has 17 heavy (non-hydrogen) atoms. The summed E-state index contributed by atoms with van der Waals surface area (Å²) in [5, 5.41) is 6.59. The van der Waals surface area contributed by atoms with Crippen LogP contribution in [0.2, 0.25) is 0 Å². The highest BCUT2D eigenvalue weighted by atomic mass is 16.5. The zero-order valence-corrected chi connectivity index (χ0v) is 9.83. The third-order valence-corrected chi connectivity index (χ3v) is 1.76. The van der Waals surface area contributed by atoms with Gasteiger partial charge in [0.25, 0.3) is 0 Å². The van der Waals surface area contributed by atoms with E-state index in [0.717, 1.165) is 7.11 Å². The molecule has 0 aromatic rings. The Morgan fingerprint density at radius 2 is 1.76 bits per heavy atom. The van der Waals surface area contributed by atoms with Crippen LogP contribution in [0.25, 0.3) is 0 Å². The van der Waals surface area contributed by atoms with Crippen molar-refractivity contribution in [3.63, 3.8) is 0 Å². The predicted octanol–water partition coefficient (Wildman–Crippen LogP) is -2.47. The minimum Gasteiger partial charge on any atom is -0.467 e. The van der Waals surface area contributed by atoms with E-state index in [1.807, 2.05) is 0 Å². The topological polar surface area (TPSA) is 114 Å². The summed E-state index contributed by atoms with van der Waals surface area (Å²) in [5.41, 5.74) is 0. The number of rotatable bonds is 4. The second-order valence-corrected chi connectivity index (χ2v) is 3.07. The molecule has 0 saturated carbocycles. The van der Waals surface area contributed by atoms with Gasteiger partial charge in [0.2, 0.25) is 5.91 Å². The van der Waals surface area contributed by atoms with E-state index in [9.17, 15) is 19.2 Å². The molecule has 0 aromatic carbocycles. The maximum absolute atomic E-state index is 11.2. The van der Waals surface area contributed by atoms with Gasteiger partial charge in [-0.3, -0.25) is 14.4 Å². The van der Waals surface area contributed by atoms with Gasteiger partial charge < -0.3 is 20.7 Å². The Kier molecular flexibility index (Phi) is 6.30. The van der Waals surface area contributed by atoms with Crippen molar-refractivity contribution < 1.29 is 23.9 Å². The number of methoxy groups -OCH3 is 1. The Morgan fingerprint density at radius 3 is 2.18 bits per heavy atom. The van der Waals surface area contributed by atoms with E-state index in [1.54, 1.807) is 0 Å². The molecule has 0 rings (SSSR count). The molecule has 3 amide bonds. The Morgan fingerprint density at radius 1 is 1.18 bits per heavy atom. The van der Waals surface area contributed by atoms with Crippen molar-refractivity contribution >= 4 is 23.7 Å². The van der Waals surface area contributed by atoms with Crippen LogP contribution in [0.4, 0.5) is 0 Å². The van der Waals surface area contributed by atoms with Gasteiger partial charge in [-0.1, -0.05) is 0 Å². The van der Waals surface area contributed by atoms with Crippen LogP contribution in [0.5, 0.6) is 0 Å². The number of ether oxygens (including phenoxy) is 1. The number of hydrogen-bond donors (Lipinski definition) is 3. The number of carbonyl (C=O) groups excluding carboxylic acids is 4. The van der Waals surface area contributed by atoms with Crippen LogP contribution in [-0.4, -0.2) is 50.4 Å². The predicted molar refractivity (Wildman–Crippen MR) is 56.7 cm³/mol. The van der Waals surface area contributed by atoms with Crippen LogP contribution in [0.3, 0.4) is 0 Å². The Labute approximate surface area is 98.1 Å². The van der Waals surface area contributed by atoms with Crippen molar-refractivity contribution in [3.8, 4) is 0 Å². The summed E-state index contributed by atoms with van der Waals surface area (Å²) in [6.45, 7) is 0.995. The second-order valence-electron chi connectivity index (χ2n) is 3.07. The first kappa shape index (κ1) is 14.9. The maximum atomic E-state index is 11.2. The summed E-state index contributed by atoms with van der Waals surface area (Å²) in [4.78, 5) is 44.0. The van der Waals surface area contributed by atoms with Gasteiger partial charge in [0, 0.05) is 20.5 Å². The minimum atomic E-state index is -1.02. The zero-order chi connectivity index (χ0) is 13.4. The number of carbonyl (C=O) groups is 4. The molecule has 0 saturated heterocycles. The lowest BCUT2D eigenvalue weighted by Crippen LogP contribution is -2.50. The van der Waals surface area contributed by atoms with Crippen LogP contribution in [0, 0.1) is 0 Å². The van der Waals surface area contributed by atoms with Gasteiger partial charge in [-0.05, 0) is 0 Å². The fourth-order valence-corrected chi connectivity index (χ4v) is 0.969. The van der Waals surface area contributed by atoms with E-state index in [0.29, 0.717) is 0 Å². The summed E-state index contributed by atoms with van der Waals surface area (Å²) in [5.74, 6) is -2.89. The smallest absolute Gasteiger partial charge is 0.330 e. The van der Waals surface area contributed by atoms with Crippen LogP contribution in [0.15, 0.2) is 0 Å². The molecule has 0 bridgehead atoms. The summed E-state index contributed by atoms with van der Waals surface area (Å²) in [7, 11) is 2.45. The molecule has 0 heterocycles. The van der Waals surface area contributed by atoms with E-state index in [-0.39, 0.29) is 6.54 Å². The van der Waals surface area contributed by atoms with Gasteiger partial charge in [0.05, 0.1) is 7.11 Å². The van der Waals surface area contributed by atoms with Crippen LogP contribution in [0.1, 0.15) is 6.92 Å². The lowest BCUT2D eigenvalue weighted by atomic mass is 10.3. The third-order valence-electron chi connectivity index (χ3n) is 1.76. The monoisotopic (exact) mass is 245 g/mol. The fraction of sp³-hybridized carbons (Fsp3) is 0.556. The van der Waals surface area contributed by atoms with E-state index in [2.05, 4.69) is 20.7 Å². The Hall–Kier alpha value is -2.12. The second kappa shape index (κ2) is 7.20. The summed E-state index contributed by atoms with van der Waals surface area (Å²) < 4.78 is 4.43. The van der Waals surface area contributed by atoms with Gasteiger partial charge in [-0.15, -0.1) is 0 Å². The molecule has 1 atom stereocenters. The quantitative estimate of drug-likeness (QED) is 0.375. The molecule has 8 nitrogen and oxygen atoms in total. The van der Waals surface area contributed by atoms with E-state index < -0.39 is 29.7 Å². The van der Waals surface area contributed by atoms with Gasteiger partial charge in [-0.25, -0.2) is 4.79 Å². The number of nitrogens with one attached hydrogen (secondary N) is 3. The van der Waals surface area contributed by atoms with Crippen molar-refractivity contribution in [2.24, 2.45) is 0 Å². The minimum absolute atomic E-state index is 0.224. The largest absolute Gasteiger partial charge is 0.467 e. The third kappa shape index (κ3) is 5.50. The lowest BCUT2D eigenvalue weighted by Gasteiger charge is -2.15. The van der Waals surface area contributed by atoms with Crippen molar-refractivity contribution in [3.05, 3.63) is 0 Å². The zero-order valence-electron chi connectivity index (χ0n) is 9.83. The number of esters is 1. The molecule has 0 spiro atoms. The summed E-state index contributed by atoms with van der Waals surface area (Å²) >= 11 is 0. The molecule has 0 aliphatic rings. The van der Waals surface area contributed by atoms with Crippen molar-refractivity contribution in [2.45, 2.75) is 13.0 Å². The van der Waals surface area contributed by atoms with Crippen molar-refractivity contribution in [2.75, 3.05) is 20.7 Å². The summed E-state index contributed by atoms with van der Waals surface area (Å²) in [6.07, 6.45) is 0. The first-order valence-electron chi connectivity index (χ1n) is 4.77. The molecule has 1 unspecified atom stereocenters. The Balaban J connectivity index is 4.35. The molecule has 96 valence electrons. The van der Waals surface area contributed by atoms with Gasteiger partial charge in [0.1, 0.15) is 6.04 Å². The van der Waals surface area contributed by atoms with Gasteiger partial charge in [0.15, 0.2) is 0 Å². The van der Waals surface area contributed by atoms with Crippen LogP contribution in [-0.2, 0) is 23.9 Å². The van der Waals surface area contributed by atoms with E-state index in [1.165, 1.54) is 14.0 Å². The highest BCUT2D eigenvalue weighted by Gasteiger charge is 2.22. The molecular weight excluding hydrogens is 230 g/mol. The first-order chi connectivity index (χ1) is 7.92. The highest BCUT2D eigenvalue weighted by Crippen LogP contribution is 1.87. The number of likely N-dealkylation sites (N-methyl/N-ethyl adjacent to an activating group) is 1. The number of amides is 3. The normalized spacial score (nSPS) is 11.0. The van der Waals surface area contributed by atoms with E-state index in [4.69, 9.17) is 0 Å². The fourth-order valence-electron chi connectivity index (χ4n) is 0.969. The first-order valence-corrected chi connectivity index (χ1v) is 4.77. The van der Waals surface area contributed by atoms with Crippen LogP contribution >= 0.6 is 0 Å². The maximum Gasteiger partial charge on any atom is 0.330 e. The molecule has 0 aliphatic heterocycles. The van der Waals surface area contributed by atoms with Crippen molar-refractivity contribution in [1.82, 2.24) is 16.0 Å². The molecule has 0 radical (unpaired) electrons. The SMILES string of the molecule is CNC(=O)C(=O)NCC(NC(C)=O)C(=O)OC. The molecule has 0 fully saturated rings. The Bertz CT molecular complexity index is 329. The molecule has 8 heteroatoms. The molecule has 0 aliphatic carbocycles. The van der Waals surface area contributed by atoms with Crippen molar-refractivity contribution in [1.29, 1.82) is 0 Å². The molecule has 0 aromatic heterocycles. The average molecular weight is 245 g/mol. The van der Waals surface area contributed by atoms with Crippen LogP contribution < -0.4 is 16.0 Å². The van der Waals surface area contributed by atoms with Gasteiger partial charge in [-0.2, -0.15) is 0 Å². The lowest BCUT2D eigenvalue weighted by molar-refractivity contribution is -0.145. The molecule has 3 N–H and O–H groups in total. The standard InChI is InChI=1S/C9H15N3O5/c1-5(13)12-6(9(16)17-3)4-11-8(15)7(14)10-2/h6H,4H2,1-3H3,(H,10,14)(H,11,15)(H,12,13). The molecular formula is C9H15N3O5. The summed E-state index contributed by atoms with van der Waals surface area (Å²) in [6, 6.07) is -1.02.